The molecule has 0 unspecified atom stereocenters. The number of anilines is 6. The van der Waals surface area contributed by atoms with Crippen molar-refractivity contribution < 1.29 is 71.6 Å². The molecule has 0 aromatic heterocycles. The summed E-state index contributed by atoms with van der Waals surface area (Å²) in [6, 6.07) is 38.0. The number of halogens is 12. The van der Waals surface area contributed by atoms with Crippen LogP contribution in [0.2, 0.25) is 0 Å². The van der Waals surface area contributed by atoms with E-state index < -0.39 is 48.4 Å². The molecular formula is C48H26F12N2O4. The standard InChI is InChI=1S/C48H26F12N2O4/c49-45(50,51)63-31-15-7-27(8-16-31)61(28-9-17-32(18-10-28)64-46(52,53)54)41-25-24-38-36-4-2-6-40-42(26-23-37(44(36)40)35-3-1-5-39(41)43(35)38)62(29-11-19-33(20-12-29)65-47(55,56)57)30-13-21-34(22-14-30)66-48(58,59)60/h1-26H. The summed E-state index contributed by atoms with van der Waals surface area (Å²) in [6.45, 7) is 0. The van der Waals surface area contributed by atoms with Crippen LogP contribution in [0.4, 0.5) is 86.8 Å². The van der Waals surface area contributed by atoms with E-state index >= 15 is 0 Å². The number of hydrogen-bond acceptors (Lipinski definition) is 6. The van der Waals surface area contributed by atoms with Crippen LogP contribution in [0, 0.1) is 0 Å². The molecule has 6 nitrogen and oxygen atoms in total. The fourth-order valence-corrected chi connectivity index (χ4v) is 8.11. The molecule has 9 rings (SSSR count). The number of ether oxygens (including phenoxy) is 4. The van der Waals surface area contributed by atoms with E-state index in [2.05, 4.69) is 18.9 Å². The van der Waals surface area contributed by atoms with E-state index in [1.165, 1.54) is 48.5 Å². The zero-order valence-corrected chi connectivity index (χ0v) is 33.1. The summed E-state index contributed by atoms with van der Waals surface area (Å²) in [5.41, 5.74) is 2.31. The van der Waals surface area contributed by atoms with Gasteiger partial charge in [0.2, 0.25) is 0 Å². The highest BCUT2D eigenvalue weighted by Crippen LogP contribution is 2.49. The largest absolute Gasteiger partial charge is 0.573 e. The number of hydrogen-bond donors (Lipinski definition) is 0. The Hall–Kier alpha value is -7.76. The predicted molar refractivity (Wildman–Crippen MR) is 224 cm³/mol. The fourth-order valence-electron chi connectivity index (χ4n) is 8.11. The number of nitrogens with zero attached hydrogens (tertiary/aromatic N) is 2. The molecular weight excluding hydrogens is 897 g/mol. The lowest BCUT2D eigenvalue weighted by atomic mass is 9.88. The average Bonchev–Trinajstić information content (AvgIpc) is 3.24. The van der Waals surface area contributed by atoms with Crippen LogP contribution in [0.1, 0.15) is 0 Å². The maximum Gasteiger partial charge on any atom is 0.573 e. The Balaban J connectivity index is 1.22. The van der Waals surface area contributed by atoms with Gasteiger partial charge in [0.05, 0.1) is 11.4 Å². The molecule has 66 heavy (non-hydrogen) atoms. The van der Waals surface area contributed by atoms with E-state index in [1.807, 2.05) is 36.4 Å². The number of rotatable bonds is 10. The summed E-state index contributed by atoms with van der Waals surface area (Å²) < 4.78 is 173. The summed E-state index contributed by atoms with van der Waals surface area (Å²) in [7, 11) is 0. The van der Waals surface area contributed by atoms with Crippen LogP contribution in [-0.2, 0) is 0 Å². The molecule has 0 amide bonds. The maximum absolute atomic E-state index is 13.1. The van der Waals surface area contributed by atoms with Crippen molar-refractivity contribution in [3.63, 3.8) is 0 Å². The third kappa shape index (κ3) is 8.98. The Morgan fingerprint density at radius 2 is 0.485 bits per heavy atom. The zero-order chi connectivity index (χ0) is 46.8. The van der Waals surface area contributed by atoms with Crippen LogP contribution >= 0.6 is 0 Å². The fraction of sp³-hybridized carbons (Fsp3) is 0.0833. The normalized spacial score (nSPS) is 12.5. The summed E-state index contributed by atoms with van der Waals surface area (Å²) in [6.07, 6.45) is -19.9. The van der Waals surface area contributed by atoms with Crippen molar-refractivity contribution in [2.24, 2.45) is 0 Å². The smallest absolute Gasteiger partial charge is 0.406 e. The van der Waals surface area contributed by atoms with Gasteiger partial charge < -0.3 is 28.7 Å². The molecule has 0 aliphatic carbocycles. The first-order valence-corrected chi connectivity index (χ1v) is 19.3. The second-order valence-corrected chi connectivity index (χ2v) is 14.6. The molecule has 0 saturated carbocycles. The Bertz CT molecular complexity index is 2830. The third-order valence-corrected chi connectivity index (χ3v) is 10.4. The minimum Gasteiger partial charge on any atom is -0.406 e. The Kier molecular flexibility index (Phi) is 10.6. The predicted octanol–water partition coefficient (Wildman–Crippen LogP) is 16.3. The Labute approximate surface area is 364 Å². The van der Waals surface area contributed by atoms with E-state index in [4.69, 9.17) is 0 Å². The summed E-state index contributed by atoms with van der Waals surface area (Å²) in [4.78, 5) is 3.31. The minimum absolute atomic E-state index is 0.328. The third-order valence-electron chi connectivity index (χ3n) is 10.4. The highest BCUT2D eigenvalue weighted by molar-refractivity contribution is 6.35. The van der Waals surface area contributed by atoms with Crippen molar-refractivity contribution in [2.75, 3.05) is 9.80 Å². The molecule has 9 aromatic carbocycles. The topological polar surface area (TPSA) is 43.4 Å². The lowest BCUT2D eigenvalue weighted by molar-refractivity contribution is -0.275. The van der Waals surface area contributed by atoms with Gasteiger partial charge in [0.1, 0.15) is 23.0 Å². The first kappa shape index (κ1) is 43.5. The second-order valence-electron chi connectivity index (χ2n) is 14.6. The van der Waals surface area contributed by atoms with E-state index in [-0.39, 0.29) is 0 Å². The molecule has 0 aliphatic rings. The van der Waals surface area contributed by atoms with Crippen molar-refractivity contribution in [3.8, 4) is 23.0 Å². The molecule has 0 aliphatic heterocycles. The van der Waals surface area contributed by atoms with Gasteiger partial charge in [0, 0.05) is 33.5 Å². The summed E-state index contributed by atoms with van der Waals surface area (Å²) in [5.74, 6) is -2.00. The van der Waals surface area contributed by atoms with E-state index in [1.54, 1.807) is 34.1 Å². The van der Waals surface area contributed by atoms with Crippen LogP contribution in [-0.4, -0.2) is 25.4 Å². The average molecular weight is 923 g/mol. The number of benzene rings is 9. The van der Waals surface area contributed by atoms with Crippen molar-refractivity contribution in [1.29, 1.82) is 0 Å². The summed E-state index contributed by atoms with van der Waals surface area (Å²) in [5, 5.41) is 5.78. The quantitative estimate of drug-likeness (QED) is 0.0773. The maximum atomic E-state index is 13.1. The lowest BCUT2D eigenvalue weighted by Gasteiger charge is -2.29. The highest BCUT2D eigenvalue weighted by Gasteiger charge is 2.34. The Morgan fingerprint density at radius 1 is 0.258 bits per heavy atom. The van der Waals surface area contributed by atoms with Crippen LogP contribution in [0.15, 0.2) is 158 Å². The van der Waals surface area contributed by atoms with Gasteiger partial charge >= 0.3 is 25.4 Å². The molecule has 0 radical (unpaired) electrons. The van der Waals surface area contributed by atoms with Gasteiger partial charge in [-0.05, 0) is 142 Å². The van der Waals surface area contributed by atoms with Gasteiger partial charge in [-0.2, -0.15) is 0 Å². The number of alkyl halides is 12. The Morgan fingerprint density at radius 3 is 0.727 bits per heavy atom. The molecule has 0 N–H and O–H groups in total. The molecule has 0 bridgehead atoms. The highest BCUT2D eigenvalue weighted by atomic mass is 19.4. The molecule has 0 fully saturated rings. The van der Waals surface area contributed by atoms with E-state index in [0.29, 0.717) is 44.9 Å². The van der Waals surface area contributed by atoms with Gasteiger partial charge in [0.25, 0.3) is 0 Å². The van der Waals surface area contributed by atoms with Crippen LogP contribution < -0.4 is 28.7 Å². The van der Waals surface area contributed by atoms with Crippen LogP contribution in [0.25, 0.3) is 43.1 Å². The van der Waals surface area contributed by atoms with Gasteiger partial charge in [0.15, 0.2) is 0 Å². The molecule has 0 spiro atoms. The molecule has 336 valence electrons. The van der Waals surface area contributed by atoms with Gasteiger partial charge in [-0.3, -0.25) is 0 Å². The van der Waals surface area contributed by atoms with Gasteiger partial charge in [-0.15, -0.1) is 52.7 Å². The zero-order valence-electron chi connectivity index (χ0n) is 33.1. The summed E-state index contributed by atoms with van der Waals surface area (Å²) >= 11 is 0. The molecule has 0 heterocycles. The monoisotopic (exact) mass is 922 g/mol. The molecule has 0 atom stereocenters. The first-order chi connectivity index (χ1) is 31.2. The first-order valence-electron chi connectivity index (χ1n) is 19.3. The van der Waals surface area contributed by atoms with E-state index in [0.717, 1.165) is 80.8 Å². The molecule has 0 saturated heterocycles. The number of fused-ring (bicyclic) bond motifs is 2. The molecule has 9 aromatic rings. The van der Waals surface area contributed by atoms with Gasteiger partial charge in [-0.1, -0.05) is 48.5 Å². The van der Waals surface area contributed by atoms with Crippen molar-refractivity contribution in [2.45, 2.75) is 25.4 Å². The van der Waals surface area contributed by atoms with Gasteiger partial charge in [-0.25, -0.2) is 0 Å². The minimum atomic E-state index is -4.97. The molecule has 18 heteroatoms. The van der Waals surface area contributed by atoms with Crippen molar-refractivity contribution >= 4 is 77.2 Å². The van der Waals surface area contributed by atoms with Crippen molar-refractivity contribution in [3.05, 3.63) is 158 Å². The van der Waals surface area contributed by atoms with Crippen LogP contribution in [0.3, 0.4) is 0 Å². The lowest BCUT2D eigenvalue weighted by Crippen LogP contribution is -2.17. The second kappa shape index (κ2) is 16.0. The van der Waals surface area contributed by atoms with E-state index in [9.17, 15) is 52.7 Å². The SMILES string of the molecule is FC(F)(F)Oc1ccc(N(c2ccc(OC(F)(F)F)cc2)c2ccc3c4cccc5c(N(c6ccc(OC(F)(F)F)cc6)c6ccc(OC(F)(F)F)cc6)ccc(c6cccc2c63)c54)cc1. The van der Waals surface area contributed by atoms with Crippen molar-refractivity contribution in [1.82, 2.24) is 0 Å². The van der Waals surface area contributed by atoms with Crippen LogP contribution in [0.5, 0.6) is 23.0 Å².